The van der Waals surface area contributed by atoms with Crippen LogP contribution in [0.15, 0.2) is 21.3 Å². The Bertz CT molecular complexity index is 492. The van der Waals surface area contributed by atoms with Gasteiger partial charge in [0.2, 0.25) is 0 Å². The lowest BCUT2D eigenvalue weighted by molar-refractivity contribution is 0.530. The van der Waals surface area contributed by atoms with Gasteiger partial charge < -0.3 is 0 Å². The zero-order valence-electron chi connectivity index (χ0n) is 9.77. The number of nitrogens with one attached hydrogen (secondary N) is 1. The lowest BCUT2D eigenvalue weighted by atomic mass is 10.1. The minimum atomic E-state index is 0.118. The van der Waals surface area contributed by atoms with Crippen molar-refractivity contribution in [3.8, 4) is 0 Å². The van der Waals surface area contributed by atoms with Gasteiger partial charge in [0, 0.05) is 13.5 Å². The Kier molecular flexibility index (Phi) is 3.98. The van der Waals surface area contributed by atoms with Crippen molar-refractivity contribution < 1.29 is 0 Å². The number of nitrogens with zero attached hydrogens (tertiary/aromatic N) is 2. The van der Waals surface area contributed by atoms with Crippen LogP contribution in [0.3, 0.4) is 0 Å². The van der Waals surface area contributed by atoms with Crippen LogP contribution in [0.25, 0.3) is 0 Å². The van der Waals surface area contributed by atoms with Crippen LogP contribution in [0.2, 0.25) is 0 Å². The van der Waals surface area contributed by atoms with E-state index in [1.165, 1.54) is 5.56 Å². The second-order valence-electron chi connectivity index (χ2n) is 3.95. The summed E-state index contributed by atoms with van der Waals surface area (Å²) in [5.41, 5.74) is 6.23. The third-order valence-electron chi connectivity index (χ3n) is 2.81. The number of aryl methyl sites for hydroxylation is 2. The highest BCUT2D eigenvalue weighted by Gasteiger charge is 2.17. The molecule has 1 atom stereocenters. The summed E-state index contributed by atoms with van der Waals surface area (Å²) in [5.74, 6) is 5.63. The van der Waals surface area contributed by atoms with Gasteiger partial charge in [0.1, 0.15) is 0 Å². The molecule has 2 rings (SSSR count). The SMILES string of the molecule is Cc1nn(C)c(CC(NN)c2ccsc2)c1Br. The molecule has 6 heteroatoms. The second-order valence-corrected chi connectivity index (χ2v) is 5.52. The maximum atomic E-state index is 5.63. The number of nitrogens with two attached hydrogens (primary N) is 1. The lowest BCUT2D eigenvalue weighted by Gasteiger charge is -2.15. The van der Waals surface area contributed by atoms with Gasteiger partial charge in [0.05, 0.1) is 21.9 Å². The molecule has 17 heavy (non-hydrogen) atoms. The summed E-state index contributed by atoms with van der Waals surface area (Å²) >= 11 is 5.25. The number of hydrogen-bond donors (Lipinski definition) is 2. The molecule has 0 amide bonds. The van der Waals surface area contributed by atoms with Gasteiger partial charge in [0.25, 0.3) is 0 Å². The average Bonchev–Trinajstić information content (AvgIpc) is 2.89. The number of rotatable bonds is 4. The third-order valence-corrected chi connectivity index (χ3v) is 4.54. The first-order valence-electron chi connectivity index (χ1n) is 5.29. The van der Waals surface area contributed by atoms with Gasteiger partial charge >= 0.3 is 0 Å². The molecule has 0 fully saturated rings. The van der Waals surface area contributed by atoms with Gasteiger partial charge in [-0.1, -0.05) is 0 Å². The number of aromatic nitrogens is 2. The van der Waals surface area contributed by atoms with E-state index in [1.54, 1.807) is 11.3 Å². The normalized spacial score (nSPS) is 12.9. The van der Waals surface area contributed by atoms with Crippen LogP contribution in [0, 0.1) is 6.92 Å². The van der Waals surface area contributed by atoms with E-state index in [4.69, 9.17) is 5.84 Å². The number of thiophene rings is 1. The highest BCUT2D eigenvalue weighted by Crippen LogP contribution is 2.26. The third kappa shape index (κ3) is 2.60. The van der Waals surface area contributed by atoms with Crippen molar-refractivity contribution in [2.45, 2.75) is 19.4 Å². The Hall–Kier alpha value is -0.690. The van der Waals surface area contributed by atoms with Gasteiger partial charge in [-0.2, -0.15) is 16.4 Å². The molecule has 0 bridgehead atoms. The Morgan fingerprint density at radius 2 is 2.41 bits per heavy atom. The van der Waals surface area contributed by atoms with Gasteiger partial charge in [-0.05, 0) is 45.2 Å². The molecule has 0 aliphatic carbocycles. The minimum absolute atomic E-state index is 0.118. The highest BCUT2D eigenvalue weighted by molar-refractivity contribution is 9.10. The van der Waals surface area contributed by atoms with E-state index < -0.39 is 0 Å². The molecule has 0 spiro atoms. The Morgan fingerprint density at radius 3 is 2.88 bits per heavy atom. The summed E-state index contributed by atoms with van der Waals surface area (Å²) in [4.78, 5) is 0. The molecular formula is C11H15BrN4S. The number of hydrazine groups is 1. The summed E-state index contributed by atoms with van der Waals surface area (Å²) in [6, 6.07) is 2.21. The molecule has 0 aliphatic rings. The van der Waals surface area contributed by atoms with E-state index in [0.29, 0.717) is 0 Å². The van der Waals surface area contributed by atoms with Crippen molar-refractivity contribution in [3.05, 3.63) is 38.3 Å². The van der Waals surface area contributed by atoms with Crippen molar-refractivity contribution in [3.63, 3.8) is 0 Å². The van der Waals surface area contributed by atoms with Crippen LogP contribution < -0.4 is 11.3 Å². The summed E-state index contributed by atoms with van der Waals surface area (Å²) in [5, 5.41) is 8.55. The van der Waals surface area contributed by atoms with E-state index >= 15 is 0 Å². The molecule has 2 aromatic rings. The van der Waals surface area contributed by atoms with Gasteiger partial charge in [-0.25, -0.2) is 0 Å². The van der Waals surface area contributed by atoms with Crippen molar-refractivity contribution in [1.29, 1.82) is 0 Å². The average molecular weight is 315 g/mol. The van der Waals surface area contributed by atoms with Crippen LogP contribution in [0.1, 0.15) is 23.0 Å². The quantitative estimate of drug-likeness (QED) is 0.672. The molecule has 0 saturated heterocycles. The molecule has 2 heterocycles. The first-order valence-corrected chi connectivity index (χ1v) is 7.03. The fraction of sp³-hybridized carbons (Fsp3) is 0.364. The summed E-state index contributed by atoms with van der Waals surface area (Å²) in [6.07, 6.45) is 0.811. The maximum absolute atomic E-state index is 5.63. The van der Waals surface area contributed by atoms with Crippen LogP contribution in [-0.2, 0) is 13.5 Å². The molecule has 0 radical (unpaired) electrons. The lowest BCUT2D eigenvalue weighted by Crippen LogP contribution is -2.29. The molecule has 0 aliphatic heterocycles. The van der Waals surface area contributed by atoms with Crippen molar-refractivity contribution >= 4 is 27.3 Å². The molecule has 2 aromatic heterocycles. The van der Waals surface area contributed by atoms with E-state index in [1.807, 2.05) is 18.7 Å². The van der Waals surface area contributed by atoms with Crippen molar-refractivity contribution in [2.24, 2.45) is 12.9 Å². The first kappa shape index (κ1) is 12.8. The van der Waals surface area contributed by atoms with Crippen LogP contribution >= 0.6 is 27.3 Å². The molecular weight excluding hydrogens is 300 g/mol. The van der Waals surface area contributed by atoms with Crippen molar-refractivity contribution in [1.82, 2.24) is 15.2 Å². The predicted octanol–water partition coefficient (Wildman–Crippen LogP) is 2.30. The smallest absolute Gasteiger partial charge is 0.0738 e. The van der Waals surface area contributed by atoms with E-state index in [0.717, 1.165) is 22.3 Å². The van der Waals surface area contributed by atoms with Crippen LogP contribution in [0.5, 0.6) is 0 Å². The van der Waals surface area contributed by atoms with Gasteiger partial charge in [-0.15, -0.1) is 0 Å². The Morgan fingerprint density at radius 1 is 1.65 bits per heavy atom. The largest absolute Gasteiger partial charge is 0.271 e. The molecule has 3 N–H and O–H groups in total. The molecule has 0 saturated carbocycles. The standard InChI is InChI=1S/C11H15BrN4S/c1-7-11(12)10(16(2)15-7)5-9(14-13)8-3-4-17-6-8/h3-4,6,9,14H,5,13H2,1-2H3. The van der Waals surface area contributed by atoms with Crippen LogP contribution in [-0.4, -0.2) is 9.78 Å². The van der Waals surface area contributed by atoms with Crippen LogP contribution in [0.4, 0.5) is 0 Å². The van der Waals surface area contributed by atoms with Crippen molar-refractivity contribution in [2.75, 3.05) is 0 Å². The summed E-state index contributed by atoms with van der Waals surface area (Å²) in [6.45, 7) is 1.99. The zero-order valence-corrected chi connectivity index (χ0v) is 12.2. The molecule has 0 aromatic carbocycles. The highest BCUT2D eigenvalue weighted by atomic mass is 79.9. The molecule has 92 valence electrons. The summed E-state index contributed by atoms with van der Waals surface area (Å²) in [7, 11) is 1.95. The number of hydrogen-bond acceptors (Lipinski definition) is 4. The van der Waals surface area contributed by atoms with Gasteiger partial charge in [0.15, 0.2) is 0 Å². The summed E-state index contributed by atoms with van der Waals surface area (Å²) < 4.78 is 2.96. The molecule has 1 unspecified atom stereocenters. The topological polar surface area (TPSA) is 55.9 Å². The van der Waals surface area contributed by atoms with E-state index in [9.17, 15) is 0 Å². The number of halogens is 1. The molecule has 4 nitrogen and oxygen atoms in total. The minimum Gasteiger partial charge on any atom is -0.271 e. The zero-order chi connectivity index (χ0) is 12.4. The monoisotopic (exact) mass is 314 g/mol. The Balaban J connectivity index is 2.24. The fourth-order valence-corrected chi connectivity index (χ4v) is 3.05. The fourth-order valence-electron chi connectivity index (χ4n) is 1.84. The predicted molar refractivity (Wildman–Crippen MR) is 73.7 cm³/mol. The van der Waals surface area contributed by atoms with E-state index in [-0.39, 0.29) is 6.04 Å². The first-order chi connectivity index (χ1) is 8.13. The van der Waals surface area contributed by atoms with Gasteiger partial charge in [-0.3, -0.25) is 16.0 Å². The maximum Gasteiger partial charge on any atom is 0.0738 e. The van der Waals surface area contributed by atoms with E-state index in [2.05, 4.69) is 43.3 Å². The second kappa shape index (κ2) is 5.30. The Labute approximate surface area is 113 Å².